The highest BCUT2D eigenvalue weighted by Crippen LogP contribution is 2.14. The van der Waals surface area contributed by atoms with Gasteiger partial charge in [0.25, 0.3) is 5.91 Å². The molecule has 0 aromatic heterocycles. The minimum absolute atomic E-state index is 0.216. The van der Waals surface area contributed by atoms with E-state index in [9.17, 15) is 4.79 Å². The van der Waals surface area contributed by atoms with Gasteiger partial charge in [0.2, 0.25) is 0 Å². The molecule has 0 aromatic rings. The third-order valence-corrected chi connectivity index (χ3v) is 6.51. The topological polar surface area (TPSA) is 29.1 Å². The van der Waals surface area contributed by atoms with Gasteiger partial charge in [0.05, 0.1) is 14.1 Å². The molecule has 3 heteroatoms. The summed E-state index contributed by atoms with van der Waals surface area (Å²) in [5.41, 5.74) is 3.15. The number of rotatable bonds is 24. The average Bonchev–Trinajstić information content (AvgIpc) is 2.73. The maximum atomic E-state index is 12.1. The molecule has 1 N–H and O–H groups in total. The molecule has 0 aliphatic rings. The fourth-order valence-corrected chi connectivity index (χ4v) is 4.37. The van der Waals surface area contributed by atoms with E-state index < -0.39 is 0 Å². The number of carbonyl (C=O) groups is 1. The number of hydrogen-bond acceptors (Lipinski definition) is 1. The predicted octanol–water partition coefficient (Wildman–Crippen LogP) is 8.72. The summed E-state index contributed by atoms with van der Waals surface area (Å²) in [4.78, 5) is 12.1. The average molecular weight is 440 g/mol. The van der Waals surface area contributed by atoms with Gasteiger partial charge in [0.15, 0.2) is 0 Å². The van der Waals surface area contributed by atoms with E-state index >= 15 is 0 Å². The van der Waals surface area contributed by atoms with Gasteiger partial charge in [-0.3, -0.25) is 4.79 Å². The van der Waals surface area contributed by atoms with E-state index in [4.69, 9.17) is 0 Å². The lowest BCUT2D eigenvalue weighted by atomic mass is 10.0. The summed E-state index contributed by atoms with van der Waals surface area (Å²) in [6.07, 6.45) is 29.4. The fraction of sp³-hybridized carbons (Fsp3) is 0.964. The number of nitrogens with zero attached hydrogens (tertiary/aromatic N) is 1. The Morgan fingerprint density at radius 2 is 0.839 bits per heavy atom. The Labute approximate surface area is 196 Å². The second-order valence-electron chi connectivity index (χ2n) is 10.4. The van der Waals surface area contributed by atoms with Crippen LogP contribution in [0.1, 0.15) is 155 Å². The van der Waals surface area contributed by atoms with Crippen molar-refractivity contribution in [1.82, 2.24) is 5.43 Å². The number of quaternary nitrogens is 1. The molecule has 0 saturated carbocycles. The van der Waals surface area contributed by atoms with Gasteiger partial charge in [-0.25, -0.2) is 10.0 Å². The molecule has 0 heterocycles. The van der Waals surface area contributed by atoms with Crippen LogP contribution in [0.15, 0.2) is 0 Å². The molecule has 0 rings (SSSR count). The zero-order chi connectivity index (χ0) is 23.0. The Morgan fingerprint density at radius 3 is 1.19 bits per heavy atom. The highest BCUT2D eigenvalue weighted by molar-refractivity contribution is 5.74. The molecule has 0 fully saturated rings. The first-order chi connectivity index (χ1) is 15.0. The van der Waals surface area contributed by atoms with Crippen LogP contribution < -0.4 is 5.43 Å². The SMILES string of the molecule is CCCCCCCCCCCCCCCCCCCCCC(=O)N[N+](C)(C)CCCC. The lowest BCUT2D eigenvalue weighted by Crippen LogP contribution is -2.54. The molecular formula is C28H59N2O+. The number of unbranched alkanes of at least 4 members (excludes halogenated alkanes) is 19. The van der Waals surface area contributed by atoms with Gasteiger partial charge in [0.1, 0.15) is 6.54 Å². The monoisotopic (exact) mass is 439 g/mol. The number of nitrogens with one attached hydrogen (secondary N) is 1. The summed E-state index contributed by atoms with van der Waals surface area (Å²) in [5.74, 6) is 0.216. The van der Waals surface area contributed by atoms with Crippen LogP contribution >= 0.6 is 0 Å². The van der Waals surface area contributed by atoms with Gasteiger partial charge in [0, 0.05) is 6.42 Å². The van der Waals surface area contributed by atoms with Crippen LogP contribution in [0, 0.1) is 0 Å². The quantitative estimate of drug-likeness (QED) is 0.0909. The van der Waals surface area contributed by atoms with Gasteiger partial charge in [-0.1, -0.05) is 136 Å². The molecule has 0 spiro atoms. The third kappa shape index (κ3) is 23.9. The van der Waals surface area contributed by atoms with Gasteiger partial charge in [-0.2, -0.15) is 0 Å². The normalized spacial score (nSPS) is 11.7. The third-order valence-electron chi connectivity index (χ3n) is 6.51. The summed E-state index contributed by atoms with van der Waals surface area (Å²) in [6, 6.07) is 0. The van der Waals surface area contributed by atoms with Crippen LogP contribution in [0.5, 0.6) is 0 Å². The van der Waals surface area contributed by atoms with Gasteiger partial charge < -0.3 is 0 Å². The second kappa shape index (κ2) is 22.6. The zero-order valence-electron chi connectivity index (χ0n) is 22.1. The molecule has 31 heavy (non-hydrogen) atoms. The van der Waals surface area contributed by atoms with Crippen molar-refractivity contribution < 1.29 is 9.39 Å². The predicted molar refractivity (Wildman–Crippen MR) is 138 cm³/mol. The highest BCUT2D eigenvalue weighted by atomic mass is 16.2. The van der Waals surface area contributed by atoms with Gasteiger partial charge in [-0.15, -0.1) is 0 Å². The van der Waals surface area contributed by atoms with E-state index in [1.807, 2.05) is 0 Å². The molecule has 0 saturated heterocycles. The van der Waals surface area contributed by atoms with E-state index in [0.29, 0.717) is 11.0 Å². The maximum absolute atomic E-state index is 12.1. The summed E-state index contributed by atoms with van der Waals surface area (Å²) in [5, 5.41) is 0. The largest absolute Gasteiger partial charge is 0.270 e. The van der Waals surface area contributed by atoms with Gasteiger partial charge in [-0.05, 0) is 12.8 Å². The van der Waals surface area contributed by atoms with Crippen molar-refractivity contribution in [2.75, 3.05) is 20.6 Å². The lowest BCUT2D eigenvalue weighted by molar-refractivity contribution is -0.925. The first-order valence-corrected chi connectivity index (χ1v) is 14.2. The zero-order valence-corrected chi connectivity index (χ0v) is 22.1. The first-order valence-electron chi connectivity index (χ1n) is 14.2. The van der Waals surface area contributed by atoms with Crippen LogP contribution in [-0.2, 0) is 4.79 Å². The Balaban J connectivity index is 3.24. The van der Waals surface area contributed by atoms with E-state index in [0.717, 1.165) is 19.4 Å². The summed E-state index contributed by atoms with van der Waals surface area (Å²) in [7, 11) is 4.17. The smallest absolute Gasteiger partial charge is 0.264 e. The number of amides is 1. The summed E-state index contributed by atoms with van der Waals surface area (Å²) < 4.78 is 0.617. The molecule has 0 aromatic carbocycles. The molecule has 0 bridgehead atoms. The Morgan fingerprint density at radius 1 is 0.516 bits per heavy atom. The summed E-state index contributed by atoms with van der Waals surface area (Å²) >= 11 is 0. The van der Waals surface area contributed by atoms with Crippen molar-refractivity contribution in [1.29, 1.82) is 0 Å². The second-order valence-corrected chi connectivity index (χ2v) is 10.4. The first kappa shape index (κ1) is 30.4. The van der Waals surface area contributed by atoms with Crippen molar-refractivity contribution in [2.24, 2.45) is 0 Å². The van der Waals surface area contributed by atoms with Gasteiger partial charge >= 0.3 is 0 Å². The van der Waals surface area contributed by atoms with Crippen LogP contribution in [-0.4, -0.2) is 31.1 Å². The molecule has 0 unspecified atom stereocenters. The minimum Gasteiger partial charge on any atom is -0.270 e. The van der Waals surface area contributed by atoms with E-state index in [-0.39, 0.29) is 5.91 Å². The highest BCUT2D eigenvalue weighted by Gasteiger charge is 2.17. The van der Waals surface area contributed by atoms with Crippen LogP contribution in [0.3, 0.4) is 0 Å². The molecule has 0 aliphatic heterocycles. The van der Waals surface area contributed by atoms with E-state index in [1.165, 1.54) is 122 Å². The van der Waals surface area contributed by atoms with E-state index in [2.05, 4.69) is 33.4 Å². The standard InChI is InChI=1S/C28H58N2O/c1-5-7-9-10-11-12-13-14-15-16-17-18-19-20-21-22-23-24-25-26-28(31)29-30(3,4)27-8-6-2/h5-27H2,1-4H3/p+1. The van der Waals surface area contributed by atoms with E-state index in [1.54, 1.807) is 0 Å². The van der Waals surface area contributed by atoms with Crippen molar-refractivity contribution in [3.05, 3.63) is 0 Å². The number of hydrogen-bond donors (Lipinski definition) is 1. The van der Waals surface area contributed by atoms with Crippen molar-refractivity contribution in [3.63, 3.8) is 0 Å². The molecule has 0 radical (unpaired) electrons. The molecule has 3 nitrogen and oxygen atoms in total. The molecular weight excluding hydrogens is 380 g/mol. The number of carbonyl (C=O) groups excluding carboxylic acids is 1. The van der Waals surface area contributed by atoms with Crippen LogP contribution in [0.2, 0.25) is 0 Å². The Kier molecular flexibility index (Phi) is 22.2. The maximum Gasteiger partial charge on any atom is 0.264 e. The van der Waals surface area contributed by atoms with Crippen molar-refractivity contribution >= 4 is 5.91 Å². The molecule has 0 atom stereocenters. The van der Waals surface area contributed by atoms with Crippen LogP contribution in [0.4, 0.5) is 0 Å². The Bertz CT molecular complexity index is 381. The lowest BCUT2D eigenvalue weighted by Gasteiger charge is -2.28. The molecule has 1 amide bonds. The van der Waals surface area contributed by atoms with Crippen molar-refractivity contribution in [2.45, 2.75) is 155 Å². The van der Waals surface area contributed by atoms with Crippen LogP contribution in [0.25, 0.3) is 0 Å². The summed E-state index contributed by atoms with van der Waals surface area (Å²) in [6.45, 7) is 5.50. The fourth-order valence-electron chi connectivity index (χ4n) is 4.37. The Hall–Kier alpha value is -0.570. The molecule has 0 aliphatic carbocycles. The molecule has 186 valence electrons. The minimum atomic E-state index is 0.216. The van der Waals surface area contributed by atoms with Crippen molar-refractivity contribution in [3.8, 4) is 0 Å².